The fraction of sp³-hybridized carbons (Fsp3) is 0.647. The second-order valence-corrected chi connectivity index (χ2v) is 7.64. The van der Waals surface area contributed by atoms with Gasteiger partial charge in [0.1, 0.15) is 5.82 Å². The Bertz CT molecular complexity index is 594. The quantitative estimate of drug-likeness (QED) is 0.849. The van der Waals surface area contributed by atoms with Gasteiger partial charge in [0.25, 0.3) is 0 Å². The van der Waals surface area contributed by atoms with Gasteiger partial charge in [-0.05, 0) is 46.6 Å². The molecule has 0 unspecified atom stereocenters. The Morgan fingerprint density at radius 2 is 1.79 bits per heavy atom. The van der Waals surface area contributed by atoms with Crippen molar-refractivity contribution in [3.05, 3.63) is 18.3 Å². The van der Waals surface area contributed by atoms with Gasteiger partial charge in [0.2, 0.25) is 0 Å². The van der Waals surface area contributed by atoms with E-state index in [4.69, 9.17) is 14.4 Å². The average molecular weight is 332 g/mol. The van der Waals surface area contributed by atoms with E-state index in [1.807, 2.05) is 39.8 Å². The summed E-state index contributed by atoms with van der Waals surface area (Å²) in [6, 6.07) is 3.94. The van der Waals surface area contributed by atoms with Gasteiger partial charge in [0.15, 0.2) is 0 Å². The minimum absolute atomic E-state index is 0.231. The first-order chi connectivity index (χ1) is 11.2. The van der Waals surface area contributed by atoms with Crippen molar-refractivity contribution in [3.63, 3.8) is 0 Å². The standard InChI is InChI=1S/C17H25BN2O4/c1-16(2)17(3,4)24-18(23-16)13-5-6-14(19-11-13)20-9-7-12(8-10-20)15(21)22/h5-6,11-12H,7-10H2,1-4H3,(H,21,22). The third-order valence-electron chi connectivity index (χ3n) is 5.46. The van der Waals surface area contributed by atoms with E-state index in [0.29, 0.717) is 12.8 Å². The maximum absolute atomic E-state index is 11.0. The van der Waals surface area contributed by atoms with E-state index < -0.39 is 13.1 Å². The van der Waals surface area contributed by atoms with Crippen LogP contribution in [0.1, 0.15) is 40.5 Å². The van der Waals surface area contributed by atoms with Gasteiger partial charge in [0.05, 0.1) is 17.1 Å². The van der Waals surface area contributed by atoms with Crippen molar-refractivity contribution >= 4 is 24.4 Å². The summed E-state index contributed by atoms with van der Waals surface area (Å²) < 4.78 is 12.1. The fourth-order valence-electron chi connectivity index (χ4n) is 3.06. The van der Waals surface area contributed by atoms with Crippen molar-refractivity contribution in [3.8, 4) is 0 Å². The van der Waals surface area contributed by atoms with Crippen molar-refractivity contribution in [2.24, 2.45) is 5.92 Å². The van der Waals surface area contributed by atoms with E-state index in [-0.39, 0.29) is 17.1 Å². The summed E-state index contributed by atoms with van der Waals surface area (Å²) in [5, 5.41) is 9.08. The molecule has 0 bridgehead atoms. The number of carbonyl (C=O) groups is 1. The minimum atomic E-state index is -0.696. The van der Waals surface area contributed by atoms with Crippen molar-refractivity contribution in [2.75, 3.05) is 18.0 Å². The normalized spacial score (nSPS) is 23.5. The Kier molecular flexibility index (Phi) is 4.34. The number of rotatable bonds is 3. The second-order valence-electron chi connectivity index (χ2n) is 7.64. The van der Waals surface area contributed by atoms with Crippen molar-refractivity contribution in [1.29, 1.82) is 0 Å². The number of aliphatic carboxylic acids is 1. The highest BCUT2D eigenvalue weighted by atomic mass is 16.7. The van der Waals surface area contributed by atoms with Crippen molar-refractivity contribution in [2.45, 2.75) is 51.7 Å². The molecule has 2 aliphatic heterocycles. The van der Waals surface area contributed by atoms with Gasteiger partial charge in [0, 0.05) is 24.7 Å². The van der Waals surface area contributed by atoms with Gasteiger partial charge in [-0.15, -0.1) is 0 Å². The smallest absolute Gasteiger partial charge is 0.481 e. The van der Waals surface area contributed by atoms with Crippen molar-refractivity contribution in [1.82, 2.24) is 4.98 Å². The predicted molar refractivity (Wildman–Crippen MR) is 92.5 cm³/mol. The molecular formula is C17H25BN2O4. The number of aromatic nitrogens is 1. The molecule has 0 aromatic carbocycles. The number of carboxylic acids is 1. The largest absolute Gasteiger partial charge is 0.496 e. The van der Waals surface area contributed by atoms with Crippen LogP contribution in [0.25, 0.3) is 0 Å². The maximum atomic E-state index is 11.0. The summed E-state index contributed by atoms with van der Waals surface area (Å²) >= 11 is 0. The van der Waals surface area contributed by atoms with E-state index in [1.165, 1.54) is 0 Å². The van der Waals surface area contributed by atoms with E-state index in [0.717, 1.165) is 24.4 Å². The number of hydrogen-bond donors (Lipinski definition) is 1. The maximum Gasteiger partial charge on any atom is 0.496 e. The zero-order valence-electron chi connectivity index (χ0n) is 14.8. The third kappa shape index (κ3) is 3.15. The van der Waals surface area contributed by atoms with E-state index in [9.17, 15) is 4.79 Å². The number of hydrogen-bond acceptors (Lipinski definition) is 5. The SMILES string of the molecule is CC1(C)OB(c2ccc(N3CCC(C(=O)O)CC3)nc2)OC1(C)C. The molecule has 0 aliphatic carbocycles. The number of anilines is 1. The van der Waals surface area contributed by atoms with Gasteiger partial charge >= 0.3 is 13.1 Å². The van der Waals surface area contributed by atoms with Gasteiger partial charge in [-0.25, -0.2) is 4.98 Å². The van der Waals surface area contributed by atoms with Crippen LogP contribution in [-0.2, 0) is 14.1 Å². The molecule has 2 aliphatic rings. The highest BCUT2D eigenvalue weighted by molar-refractivity contribution is 6.62. The highest BCUT2D eigenvalue weighted by Gasteiger charge is 2.51. The number of carboxylic acid groups (broad SMARTS) is 1. The van der Waals surface area contributed by atoms with Crippen LogP contribution in [-0.4, -0.2) is 47.5 Å². The molecule has 7 heteroatoms. The molecule has 6 nitrogen and oxygen atoms in total. The lowest BCUT2D eigenvalue weighted by atomic mass is 9.80. The summed E-state index contributed by atoms with van der Waals surface area (Å²) in [6.07, 6.45) is 3.12. The minimum Gasteiger partial charge on any atom is -0.481 e. The molecule has 3 heterocycles. The van der Waals surface area contributed by atoms with Crippen LogP contribution in [0.5, 0.6) is 0 Å². The van der Waals surface area contributed by atoms with Gasteiger partial charge in [-0.3, -0.25) is 4.79 Å². The highest BCUT2D eigenvalue weighted by Crippen LogP contribution is 2.36. The molecule has 0 spiro atoms. The van der Waals surface area contributed by atoms with Crippen LogP contribution in [0.4, 0.5) is 5.82 Å². The predicted octanol–water partition coefficient (Wildman–Crippen LogP) is 1.68. The Morgan fingerprint density at radius 3 is 2.25 bits per heavy atom. The van der Waals surface area contributed by atoms with Crippen LogP contribution in [0.15, 0.2) is 18.3 Å². The van der Waals surface area contributed by atoms with Crippen LogP contribution >= 0.6 is 0 Å². The summed E-state index contributed by atoms with van der Waals surface area (Å²) in [5.74, 6) is -0.0527. The van der Waals surface area contributed by atoms with E-state index in [1.54, 1.807) is 6.20 Å². The van der Waals surface area contributed by atoms with Gasteiger partial charge < -0.3 is 19.3 Å². The lowest BCUT2D eigenvalue weighted by Crippen LogP contribution is -2.41. The molecule has 0 amide bonds. The second kappa shape index (κ2) is 6.04. The molecule has 24 heavy (non-hydrogen) atoms. The first-order valence-electron chi connectivity index (χ1n) is 8.49. The summed E-state index contributed by atoms with van der Waals surface area (Å²) in [4.78, 5) is 17.7. The van der Waals surface area contributed by atoms with Gasteiger partial charge in [-0.1, -0.05) is 6.07 Å². The molecule has 3 rings (SSSR count). The number of nitrogens with zero attached hydrogens (tertiary/aromatic N) is 2. The molecule has 1 N–H and O–H groups in total. The molecular weight excluding hydrogens is 307 g/mol. The molecule has 2 fully saturated rings. The summed E-state index contributed by atoms with van der Waals surface area (Å²) in [5.41, 5.74) is 0.169. The number of pyridine rings is 1. The summed E-state index contributed by atoms with van der Waals surface area (Å²) in [7, 11) is -0.408. The zero-order chi connectivity index (χ0) is 17.5. The fourth-order valence-corrected chi connectivity index (χ4v) is 3.06. The van der Waals surface area contributed by atoms with Crippen LogP contribution in [0, 0.1) is 5.92 Å². The summed E-state index contributed by atoms with van der Waals surface area (Å²) in [6.45, 7) is 9.56. The Hall–Kier alpha value is -1.60. The molecule has 1 aromatic heterocycles. The Labute approximate surface area is 143 Å². The lowest BCUT2D eigenvalue weighted by Gasteiger charge is -2.32. The molecule has 2 saturated heterocycles. The molecule has 0 saturated carbocycles. The average Bonchev–Trinajstić information content (AvgIpc) is 2.76. The first kappa shape index (κ1) is 17.2. The Balaban J connectivity index is 1.66. The molecule has 0 radical (unpaired) electrons. The van der Waals surface area contributed by atoms with Crippen LogP contribution < -0.4 is 10.4 Å². The molecule has 0 atom stereocenters. The van der Waals surface area contributed by atoms with E-state index >= 15 is 0 Å². The molecule has 1 aromatic rings. The molecule has 130 valence electrons. The number of piperidine rings is 1. The first-order valence-corrected chi connectivity index (χ1v) is 8.49. The third-order valence-corrected chi connectivity index (χ3v) is 5.46. The van der Waals surface area contributed by atoms with Crippen LogP contribution in [0.3, 0.4) is 0 Å². The van der Waals surface area contributed by atoms with E-state index in [2.05, 4.69) is 9.88 Å². The zero-order valence-corrected chi connectivity index (χ0v) is 14.8. The van der Waals surface area contributed by atoms with Crippen LogP contribution in [0.2, 0.25) is 0 Å². The van der Waals surface area contributed by atoms with Gasteiger partial charge in [-0.2, -0.15) is 0 Å². The van der Waals surface area contributed by atoms with Crippen molar-refractivity contribution < 1.29 is 19.2 Å². The monoisotopic (exact) mass is 332 g/mol. The topological polar surface area (TPSA) is 71.9 Å². The Morgan fingerprint density at radius 1 is 1.21 bits per heavy atom. The lowest BCUT2D eigenvalue weighted by molar-refractivity contribution is -0.142.